The molecule has 1 aromatic heterocycles. The van der Waals surface area contributed by atoms with Crippen molar-refractivity contribution in [3.05, 3.63) is 231 Å². The van der Waals surface area contributed by atoms with Gasteiger partial charge in [-0.05, 0) is 75.2 Å². The first-order valence-corrected chi connectivity index (χ1v) is 19.9. The number of fused-ring (bicyclic) bond motifs is 1. The highest BCUT2D eigenvalue weighted by Crippen LogP contribution is 2.41. The van der Waals surface area contributed by atoms with Gasteiger partial charge in [-0.15, -0.1) is 0 Å². The Balaban J connectivity index is 1.10. The smallest absolute Gasteiger partial charge is 0.164 e. The molecule has 10 rings (SSSR count). The molecular formula is C55H38N4. The molecule has 59 heavy (non-hydrogen) atoms. The second kappa shape index (κ2) is 15.9. The van der Waals surface area contributed by atoms with Gasteiger partial charge in [0.05, 0.1) is 0 Å². The van der Waals surface area contributed by atoms with Crippen LogP contribution in [0.5, 0.6) is 0 Å². The average molecular weight is 755 g/mol. The number of rotatable bonds is 9. The van der Waals surface area contributed by atoms with Crippen LogP contribution in [0.25, 0.3) is 78.3 Å². The third-order valence-corrected chi connectivity index (χ3v) is 10.7. The number of anilines is 3. The van der Waals surface area contributed by atoms with Crippen LogP contribution in [0, 0.1) is 0 Å². The summed E-state index contributed by atoms with van der Waals surface area (Å²) in [6.07, 6.45) is 0. The fourth-order valence-corrected chi connectivity index (χ4v) is 7.84. The van der Waals surface area contributed by atoms with E-state index in [0.717, 1.165) is 66.8 Å². The third kappa shape index (κ3) is 7.27. The Morgan fingerprint density at radius 3 is 1.15 bits per heavy atom. The first kappa shape index (κ1) is 35.5. The zero-order valence-corrected chi connectivity index (χ0v) is 32.2. The van der Waals surface area contributed by atoms with E-state index in [-0.39, 0.29) is 0 Å². The lowest BCUT2D eigenvalue weighted by Crippen LogP contribution is -2.10. The van der Waals surface area contributed by atoms with E-state index in [9.17, 15) is 0 Å². The maximum atomic E-state index is 5.12. The van der Waals surface area contributed by atoms with Crippen molar-refractivity contribution in [1.29, 1.82) is 0 Å². The monoisotopic (exact) mass is 754 g/mol. The van der Waals surface area contributed by atoms with E-state index < -0.39 is 0 Å². The molecule has 0 bridgehead atoms. The summed E-state index contributed by atoms with van der Waals surface area (Å²) in [4.78, 5) is 17.5. The van der Waals surface area contributed by atoms with Gasteiger partial charge in [0.15, 0.2) is 17.5 Å². The maximum absolute atomic E-state index is 5.12. The summed E-state index contributed by atoms with van der Waals surface area (Å²) in [5.41, 5.74) is 12.9. The largest absolute Gasteiger partial charge is 0.310 e. The van der Waals surface area contributed by atoms with Crippen molar-refractivity contribution >= 4 is 27.8 Å². The summed E-state index contributed by atoms with van der Waals surface area (Å²) in [5.74, 6) is 1.91. The molecule has 0 aliphatic carbocycles. The minimum atomic E-state index is 0.634. The van der Waals surface area contributed by atoms with Gasteiger partial charge in [0.2, 0.25) is 0 Å². The van der Waals surface area contributed by atoms with E-state index in [1.165, 1.54) is 11.1 Å². The zero-order valence-electron chi connectivity index (χ0n) is 32.2. The van der Waals surface area contributed by atoms with Crippen LogP contribution in [-0.4, -0.2) is 15.0 Å². The highest BCUT2D eigenvalue weighted by Gasteiger charge is 2.18. The molecule has 0 aliphatic rings. The molecule has 9 aromatic carbocycles. The molecule has 0 saturated carbocycles. The molecule has 278 valence electrons. The predicted molar refractivity (Wildman–Crippen MR) is 245 cm³/mol. The van der Waals surface area contributed by atoms with Gasteiger partial charge in [0.25, 0.3) is 0 Å². The first-order valence-electron chi connectivity index (χ1n) is 19.9. The van der Waals surface area contributed by atoms with Crippen LogP contribution < -0.4 is 4.90 Å². The maximum Gasteiger partial charge on any atom is 0.164 e. The number of hydrogen-bond acceptors (Lipinski definition) is 4. The Morgan fingerprint density at radius 1 is 0.254 bits per heavy atom. The van der Waals surface area contributed by atoms with Gasteiger partial charge in [-0.2, -0.15) is 0 Å². The topological polar surface area (TPSA) is 41.9 Å². The Kier molecular flexibility index (Phi) is 9.55. The quantitative estimate of drug-likeness (QED) is 0.147. The molecule has 0 amide bonds. The molecule has 0 atom stereocenters. The normalized spacial score (nSPS) is 11.1. The van der Waals surface area contributed by atoms with Crippen molar-refractivity contribution in [3.8, 4) is 67.5 Å². The highest BCUT2D eigenvalue weighted by molar-refractivity contribution is 6.05. The predicted octanol–water partition coefficient (Wildman–Crippen LogP) is 14.5. The lowest BCUT2D eigenvalue weighted by Gasteiger charge is -2.27. The van der Waals surface area contributed by atoms with Crippen molar-refractivity contribution in [2.24, 2.45) is 0 Å². The molecule has 0 N–H and O–H groups in total. The molecule has 1 heterocycles. The van der Waals surface area contributed by atoms with Gasteiger partial charge in [0, 0.05) is 39.1 Å². The fourth-order valence-electron chi connectivity index (χ4n) is 7.84. The Bertz CT molecular complexity index is 2880. The van der Waals surface area contributed by atoms with Crippen LogP contribution in [0.4, 0.5) is 17.1 Å². The van der Waals surface area contributed by atoms with Crippen LogP contribution >= 0.6 is 0 Å². The minimum Gasteiger partial charge on any atom is -0.310 e. The molecule has 0 radical (unpaired) electrons. The van der Waals surface area contributed by atoms with Crippen LogP contribution in [0.15, 0.2) is 231 Å². The van der Waals surface area contributed by atoms with Gasteiger partial charge >= 0.3 is 0 Å². The SMILES string of the molecule is c1ccc(-c2cccc(N(c3ccc(-c4cccc5cccc(-c6nc(-c7ccccc7)nc(-c7ccccc7)n6)c45)cc3)c3cccc(-c4ccccc4)c3)c2)cc1. The van der Waals surface area contributed by atoms with Gasteiger partial charge in [-0.3, -0.25) is 0 Å². The molecule has 10 aromatic rings. The van der Waals surface area contributed by atoms with Crippen molar-refractivity contribution < 1.29 is 0 Å². The van der Waals surface area contributed by atoms with E-state index >= 15 is 0 Å². The first-order chi connectivity index (χ1) is 29.2. The van der Waals surface area contributed by atoms with E-state index in [4.69, 9.17) is 15.0 Å². The summed E-state index contributed by atoms with van der Waals surface area (Å²) in [6.45, 7) is 0. The Morgan fingerprint density at radius 2 is 0.661 bits per heavy atom. The average Bonchev–Trinajstić information content (AvgIpc) is 3.33. The molecular weight excluding hydrogens is 717 g/mol. The summed E-state index contributed by atoms with van der Waals surface area (Å²) < 4.78 is 0. The molecule has 0 unspecified atom stereocenters. The molecule has 0 spiro atoms. The third-order valence-electron chi connectivity index (χ3n) is 10.7. The van der Waals surface area contributed by atoms with Gasteiger partial charge in [-0.25, -0.2) is 15.0 Å². The van der Waals surface area contributed by atoms with Gasteiger partial charge in [0.1, 0.15) is 0 Å². The molecule has 4 heteroatoms. The lowest BCUT2D eigenvalue weighted by molar-refractivity contribution is 1.08. The summed E-state index contributed by atoms with van der Waals surface area (Å²) in [7, 11) is 0. The molecule has 0 fully saturated rings. The summed E-state index contributed by atoms with van der Waals surface area (Å²) in [5, 5.41) is 2.21. The zero-order chi connectivity index (χ0) is 39.4. The number of benzene rings is 9. The Labute approximate surface area is 344 Å². The van der Waals surface area contributed by atoms with E-state index in [1.54, 1.807) is 0 Å². The fraction of sp³-hybridized carbons (Fsp3) is 0. The molecule has 0 aliphatic heterocycles. The number of nitrogens with zero attached hydrogens (tertiary/aromatic N) is 4. The highest BCUT2D eigenvalue weighted by atomic mass is 15.1. The van der Waals surface area contributed by atoms with E-state index in [1.807, 2.05) is 60.7 Å². The van der Waals surface area contributed by atoms with E-state index in [2.05, 4.69) is 175 Å². The minimum absolute atomic E-state index is 0.634. The Hall–Kier alpha value is -7.95. The van der Waals surface area contributed by atoms with Crippen LogP contribution in [0.1, 0.15) is 0 Å². The van der Waals surface area contributed by atoms with Crippen LogP contribution in [0.3, 0.4) is 0 Å². The van der Waals surface area contributed by atoms with Crippen molar-refractivity contribution in [2.45, 2.75) is 0 Å². The number of hydrogen-bond donors (Lipinski definition) is 0. The second-order valence-electron chi connectivity index (χ2n) is 14.5. The lowest BCUT2D eigenvalue weighted by atomic mass is 9.94. The second-order valence-corrected chi connectivity index (χ2v) is 14.5. The van der Waals surface area contributed by atoms with Crippen molar-refractivity contribution in [1.82, 2.24) is 15.0 Å². The standard InChI is InChI=1S/C55H38N4/c1-5-17-39(18-6-1)45-27-13-29-48(37-45)59(49-30-14-28-46(38-49)40-19-7-2-8-20-40)47-35-33-41(34-36-47)50-31-15-25-42-26-16-32-51(52(42)50)55-57-53(43-21-9-3-10-22-43)56-54(58-55)44-23-11-4-12-24-44/h1-38H. The van der Waals surface area contributed by atoms with Gasteiger partial charge < -0.3 is 4.90 Å². The van der Waals surface area contributed by atoms with Crippen LogP contribution in [0.2, 0.25) is 0 Å². The van der Waals surface area contributed by atoms with Crippen molar-refractivity contribution in [3.63, 3.8) is 0 Å². The van der Waals surface area contributed by atoms with Crippen LogP contribution in [-0.2, 0) is 0 Å². The summed E-state index contributed by atoms with van der Waals surface area (Å²) >= 11 is 0. The number of aromatic nitrogens is 3. The summed E-state index contributed by atoms with van der Waals surface area (Å²) in [6, 6.07) is 80.7. The van der Waals surface area contributed by atoms with E-state index in [0.29, 0.717) is 17.5 Å². The molecule has 4 nitrogen and oxygen atoms in total. The van der Waals surface area contributed by atoms with Gasteiger partial charge in [-0.1, -0.05) is 194 Å². The van der Waals surface area contributed by atoms with Crippen molar-refractivity contribution in [2.75, 3.05) is 4.90 Å². The molecule has 0 saturated heterocycles.